The maximum Gasteiger partial charge on any atom is 0.221 e. The zero-order valence-corrected chi connectivity index (χ0v) is 10.8. The number of hydrogen-bond acceptors (Lipinski definition) is 2. The highest BCUT2D eigenvalue weighted by atomic mass is 16.1. The molecule has 1 saturated carbocycles. The summed E-state index contributed by atoms with van der Waals surface area (Å²) in [5.74, 6) is 0.697. The predicted molar refractivity (Wildman–Crippen MR) is 73.1 cm³/mol. The molecule has 1 atom stereocenters. The first kappa shape index (κ1) is 13.1. The fourth-order valence-corrected chi connectivity index (χ4v) is 2.14. The first-order chi connectivity index (χ1) is 8.75. The number of amides is 1. The van der Waals surface area contributed by atoms with Crippen LogP contribution in [0.4, 0.5) is 0 Å². The van der Waals surface area contributed by atoms with Gasteiger partial charge in [-0.2, -0.15) is 0 Å². The standard InChI is InChI=1S/C15H22N2O/c16-14(13-8-9-13)11-15(18)17-10-4-7-12-5-2-1-3-6-12/h1-3,5-6,13-14H,4,7-11,16H2,(H,17,18). The van der Waals surface area contributed by atoms with Crippen LogP contribution >= 0.6 is 0 Å². The summed E-state index contributed by atoms with van der Waals surface area (Å²) in [5, 5.41) is 2.95. The van der Waals surface area contributed by atoms with Gasteiger partial charge in [-0.3, -0.25) is 4.79 Å². The van der Waals surface area contributed by atoms with Crippen molar-refractivity contribution < 1.29 is 4.79 Å². The van der Waals surface area contributed by atoms with Crippen molar-refractivity contribution in [2.24, 2.45) is 11.7 Å². The number of rotatable bonds is 7. The second-order valence-corrected chi connectivity index (χ2v) is 5.14. The number of nitrogens with one attached hydrogen (secondary N) is 1. The van der Waals surface area contributed by atoms with E-state index in [0.717, 1.165) is 19.4 Å². The molecule has 1 fully saturated rings. The molecule has 1 unspecified atom stereocenters. The number of hydrogen-bond donors (Lipinski definition) is 2. The van der Waals surface area contributed by atoms with Crippen molar-refractivity contribution in [3.63, 3.8) is 0 Å². The summed E-state index contributed by atoms with van der Waals surface area (Å²) < 4.78 is 0. The van der Waals surface area contributed by atoms with Gasteiger partial charge in [0.25, 0.3) is 0 Å². The summed E-state index contributed by atoms with van der Waals surface area (Å²) in [4.78, 5) is 11.6. The lowest BCUT2D eigenvalue weighted by Crippen LogP contribution is -2.33. The van der Waals surface area contributed by atoms with Crippen LogP contribution in [0.2, 0.25) is 0 Å². The Balaban J connectivity index is 1.56. The number of carbonyl (C=O) groups is 1. The van der Waals surface area contributed by atoms with Crippen LogP contribution in [0.15, 0.2) is 30.3 Å². The van der Waals surface area contributed by atoms with Crippen LogP contribution in [0.1, 0.15) is 31.2 Å². The first-order valence-electron chi connectivity index (χ1n) is 6.82. The molecular formula is C15H22N2O. The van der Waals surface area contributed by atoms with E-state index in [0.29, 0.717) is 12.3 Å². The molecule has 0 aromatic heterocycles. The van der Waals surface area contributed by atoms with Crippen molar-refractivity contribution in [2.45, 2.75) is 38.1 Å². The van der Waals surface area contributed by atoms with Crippen LogP contribution in [0.3, 0.4) is 0 Å². The zero-order valence-electron chi connectivity index (χ0n) is 10.8. The summed E-state index contributed by atoms with van der Waals surface area (Å²) in [6.07, 6.45) is 4.87. The van der Waals surface area contributed by atoms with E-state index in [9.17, 15) is 4.79 Å². The third-order valence-corrected chi connectivity index (χ3v) is 3.46. The smallest absolute Gasteiger partial charge is 0.221 e. The van der Waals surface area contributed by atoms with Gasteiger partial charge in [0.1, 0.15) is 0 Å². The summed E-state index contributed by atoms with van der Waals surface area (Å²) in [7, 11) is 0. The summed E-state index contributed by atoms with van der Waals surface area (Å²) >= 11 is 0. The molecule has 0 aliphatic heterocycles. The normalized spacial score (nSPS) is 16.3. The molecule has 3 heteroatoms. The van der Waals surface area contributed by atoms with Gasteiger partial charge in [-0.15, -0.1) is 0 Å². The Morgan fingerprint density at radius 2 is 2.06 bits per heavy atom. The predicted octanol–water partition coefficient (Wildman–Crippen LogP) is 1.86. The van der Waals surface area contributed by atoms with Crippen LogP contribution in [-0.4, -0.2) is 18.5 Å². The van der Waals surface area contributed by atoms with E-state index in [4.69, 9.17) is 5.73 Å². The molecule has 1 aliphatic carbocycles. The molecule has 1 amide bonds. The molecule has 98 valence electrons. The van der Waals surface area contributed by atoms with E-state index in [1.807, 2.05) is 18.2 Å². The lowest BCUT2D eigenvalue weighted by molar-refractivity contribution is -0.121. The molecule has 0 bridgehead atoms. The van der Waals surface area contributed by atoms with Crippen LogP contribution < -0.4 is 11.1 Å². The maximum absolute atomic E-state index is 11.6. The van der Waals surface area contributed by atoms with Crippen molar-refractivity contribution in [3.8, 4) is 0 Å². The molecule has 1 aromatic carbocycles. The van der Waals surface area contributed by atoms with E-state index in [2.05, 4.69) is 17.4 Å². The summed E-state index contributed by atoms with van der Waals surface area (Å²) in [6, 6.07) is 10.4. The van der Waals surface area contributed by atoms with Crippen molar-refractivity contribution in [3.05, 3.63) is 35.9 Å². The van der Waals surface area contributed by atoms with E-state index in [-0.39, 0.29) is 11.9 Å². The number of nitrogens with two attached hydrogens (primary N) is 1. The van der Waals surface area contributed by atoms with Gasteiger partial charge in [-0.25, -0.2) is 0 Å². The van der Waals surface area contributed by atoms with E-state index < -0.39 is 0 Å². The van der Waals surface area contributed by atoms with Crippen molar-refractivity contribution in [2.75, 3.05) is 6.54 Å². The van der Waals surface area contributed by atoms with Crippen molar-refractivity contribution >= 4 is 5.91 Å². The molecular weight excluding hydrogens is 224 g/mol. The molecule has 0 saturated heterocycles. The average Bonchev–Trinajstić information content (AvgIpc) is 3.20. The highest BCUT2D eigenvalue weighted by Crippen LogP contribution is 2.32. The van der Waals surface area contributed by atoms with Gasteiger partial charge in [0.05, 0.1) is 0 Å². The van der Waals surface area contributed by atoms with Gasteiger partial charge in [0.15, 0.2) is 0 Å². The quantitative estimate of drug-likeness (QED) is 0.722. The Bertz CT molecular complexity index is 373. The SMILES string of the molecule is NC(CC(=O)NCCCc1ccccc1)C1CC1. The Morgan fingerprint density at radius 3 is 2.72 bits per heavy atom. The van der Waals surface area contributed by atoms with Crippen molar-refractivity contribution in [1.29, 1.82) is 0 Å². The van der Waals surface area contributed by atoms with Gasteiger partial charge in [0, 0.05) is 19.0 Å². The Labute approximate surface area is 109 Å². The number of carbonyl (C=O) groups excluding carboxylic acids is 1. The minimum Gasteiger partial charge on any atom is -0.356 e. The number of benzene rings is 1. The van der Waals surface area contributed by atoms with E-state index in [1.165, 1.54) is 18.4 Å². The largest absolute Gasteiger partial charge is 0.356 e. The molecule has 2 rings (SSSR count). The Kier molecular flexibility index (Phi) is 4.76. The molecule has 3 nitrogen and oxygen atoms in total. The molecule has 18 heavy (non-hydrogen) atoms. The molecule has 0 heterocycles. The van der Waals surface area contributed by atoms with E-state index >= 15 is 0 Å². The highest BCUT2D eigenvalue weighted by molar-refractivity contribution is 5.76. The molecule has 1 aromatic rings. The minimum atomic E-state index is 0.0686. The van der Waals surface area contributed by atoms with Gasteiger partial charge < -0.3 is 11.1 Å². The summed E-state index contributed by atoms with van der Waals surface area (Å²) in [6.45, 7) is 0.741. The van der Waals surface area contributed by atoms with Crippen LogP contribution in [0.25, 0.3) is 0 Å². The van der Waals surface area contributed by atoms with Crippen molar-refractivity contribution in [1.82, 2.24) is 5.32 Å². The monoisotopic (exact) mass is 246 g/mol. The highest BCUT2D eigenvalue weighted by Gasteiger charge is 2.29. The second kappa shape index (κ2) is 6.55. The number of aryl methyl sites for hydroxylation is 1. The molecule has 1 aliphatic rings. The zero-order chi connectivity index (χ0) is 12.8. The molecule has 0 radical (unpaired) electrons. The topological polar surface area (TPSA) is 55.1 Å². The van der Waals surface area contributed by atoms with Crippen LogP contribution in [-0.2, 0) is 11.2 Å². The Morgan fingerprint density at radius 1 is 1.33 bits per heavy atom. The van der Waals surface area contributed by atoms with Gasteiger partial charge >= 0.3 is 0 Å². The average molecular weight is 246 g/mol. The Hall–Kier alpha value is -1.35. The minimum absolute atomic E-state index is 0.0686. The van der Waals surface area contributed by atoms with Gasteiger partial charge in [-0.05, 0) is 37.2 Å². The lowest BCUT2D eigenvalue weighted by atomic mass is 10.1. The fourth-order valence-electron chi connectivity index (χ4n) is 2.14. The maximum atomic E-state index is 11.6. The lowest BCUT2D eigenvalue weighted by Gasteiger charge is -2.10. The molecule has 0 spiro atoms. The first-order valence-corrected chi connectivity index (χ1v) is 6.82. The van der Waals surface area contributed by atoms with E-state index in [1.54, 1.807) is 0 Å². The van der Waals surface area contributed by atoms with Gasteiger partial charge in [-0.1, -0.05) is 30.3 Å². The van der Waals surface area contributed by atoms with Crippen LogP contribution in [0, 0.1) is 5.92 Å². The van der Waals surface area contributed by atoms with Crippen LogP contribution in [0.5, 0.6) is 0 Å². The third kappa shape index (κ3) is 4.49. The summed E-state index contributed by atoms with van der Waals surface area (Å²) in [5.41, 5.74) is 7.24. The fraction of sp³-hybridized carbons (Fsp3) is 0.533. The molecule has 3 N–H and O–H groups in total. The van der Waals surface area contributed by atoms with Gasteiger partial charge in [0.2, 0.25) is 5.91 Å². The third-order valence-electron chi connectivity index (χ3n) is 3.46. The second-order valence-electron chi connectivity index (χ2n) is 5.14.